The largest absolute Gasteiger partial charge is 0.404 e. The van der Waals surface area contributed by atoms with E-state index >= 15 is 0 Å². The number of nitrogens with zero attached hydrogens (tertiary/aromatic N) is 1. The Hall–Kier alpha value is -1.03. The van der Waals surface area contributed by atoms with Crippen molar-refractivity contribution in [1.29, 1.82) is 0 Å². The first-order valence-corrected chi connectivity index (χ1v) is 5.07. The van der Waals surface area contributed by atoms with Gasteiger partial charge in [-0.1, -0.05) is 0 Å². The Morgan fingerprint density at radius 2 is 2.50 bits per heavy atom. The molecule has 1 unspecified atom stereocenters. The topological polar surface area (TPSA) is 58.4 Å². The molecule has 1 heterocycles. The van der Waals surface area contributed by atoms with Crippen molar-refractivity contribution in [2.24, 2.45) is 11.7 Å². The standard InChI is InChI=1S/C10H19N3O/c1-13-6-2-3-9(8-13)7-12-10(14)4-5-11/h4-5,9H,2-3,6-8,11H2,1H3,(H,12,14)/b5-4-. The highest BCUT2D eigenvalue weighted by Gasteiger charge is 2.16. The third kappa shape index (κ3) is 3.79. The van der Waals surface area contributed by atoms with Crippen LogP contribution in [0, 0.1) is 5.92 Å². The van der Waals surface area contributed by atoms with Crippen molar-refractivity contribution < 1.29 is 4.79 Å². The molecule has 0 aromatic rings. The predicted molar refractivity (Wildman–Crippen MR) is 56.6 cm³/mol. The molecule has 0 bridgehead atoms. The summed E-state index contributed by atoms with van der Waals surface area (Å²) >= 11 is 0. The van der Waals surface area contributed by atoms with Crippen molar-refractivity contribution in [3.05, 3.63) is 12.3 Å². The molecule has 1 aliphatic heterocycles. The first-order chi connectivity index (χ1) is 6.72. The van der Waals surface area contributed by atoms with Crippen molar-refractivity contribution in [2.75, 3.05) is 26.7 Å². The van der Waals surface area contributed by atoms with Crippen molar-refractivity contribution in [1.82, 2.24) is 10.2 Å². The molecule has 4 nitrogen and oxygen atoms in total. The van der Waals surface area contributed by atoms with Crippen LogP contribution in [0.3, 0.4) is 0 Å². The molecule has 1 saturated heterocycles. The van der Waals surface area contributed by atoms with Crippen molar-refractivity contribution in [2.45, 2.75) is 12.8 Å². The van der Waals surface area contributed by atoms with Crippen LogP contribution in [0.15, 0.2) is 12.3 Å². The molecule has 1 aliphatic rings. The average molecular weight is 197 g/mol. The quantitative estimate of drug-likeness (QED) is 0.622. The lowest BCUT2D eigenvalue weighted by Gasteiger charge is -2.29. The van der Waals surface area contributed by atoms with E-state index in [1.54, 1.807) is 0 Å². The summed E-state index contributed by atoms with van der Waals surface area (Å²) in [7, 11) is 2.12. The number of nitrogens with one attached hydrogen (secondary N) is 1. The van der Waals surface area contributed by atoms with E-state index < -0.39 is 0 Å². The van der Waals surface area contributed by atoms with Crippen LogP contribution in [0.5, 0.6) is 0 Å². The molecule has 0 aliphatic carbocycles. The molecule has 14 heavy (non-hydrogen) atoms. The molecule has 0 spiro atoms. The van der Waals surface area contributed by atoms with Gasteiger partial charge in [-0.05, 0) is 38.6 Å². The Morgan fingerprint density at radius 1 is 1.71 bits per heavy atom. The van der Waals surface area contributed by atoms with Gasteiger partial charge in [-0.25, -0.2) is 0 Å². The van der Waals surface area contributed by atoms with Gasteiger partial charge >= 0.3 is 0 Å². The summed E-state index contributed by atoms with van der Waals surface area (Å²) in [5.74, 6) is 0.490. The van der Waals surface area contributed by atoms with Gasteiger partial charge in [0.15, 0.2) is 0 Å². The van der Waals surface area contributed by atoms with E-state index in [0.29, 0.717) is 5.92 Å². The summed E-state index contributed by atoms with van der Waals surface area (Å²) in [6, 6.07) is 0. The fourth-order valence-electron chi connectivity index (χ4n) is 1.83. The third-order valence-corrected chi connectivity index (χ3v) is 2.53. The maximum absolute atomic E-state index is 11.1. The van der Waals surface area contributed by atoms with E-state index in [9.17, 15) is 4.79 Å². The molecule has 3 N–H and O–H groups in total. The molecule has 4 heteroatoms. The minimum absolute atomic E-state index is 0.0965. The second-order valence-corrected chi connectivity index (χ2v) is 3.87. The van der Waals surface area contributed by atoms with Gasteiger partial charge < -0.3 is 16.0 Å². The normalized spacial score (nSPS) is 23.9. The van der Waals surface area contributed by atoms with Gasteiger partial charge in [0.05, 0.1) is 0 Å². The summed E-state index contributed by atoms with van der Waals surface area (Å²) in [5, 5.41) is 2.84. The zero-order chi connectivity index (χ0) is 10.4. The lowest BCUT2D eigenvalue weighted by Crippen LogP contribution is -2.38. The third-order valence-electron chi connectivity index (χ3n) is 2.53. The van der Waals surface area contributed by atoms with Crippen molar-refractivity contribution in [3.63, 3.8) is 0 Å². The van der Waals surface area contributed by atoms with Crippen LogP contribution in [-0.2, 0) is 4.79 Å². The van der Waals surface area contributed by atoms with Crippen LogP contribution < -0.4 is 11.1 Å². The van der Waals surface area contributed by atoms with Crippen LogP contribution in [0.1, 0.15) is 12.8 Å². The summed E-state index contributed by atoms with van der Waals surface area (Å²) in [6.45, 7) is 3.01. The van der Waals surface area contributed by atoms with E-state index in [-0.39, 0.29) is 5.91 Å². The number of hydrogen-bond donors (Lipinski definition) is 2. The molecule has 0 saturated carbocycles. The van der Waals surface area contributed by atoms with Crippen molar-refractivity contribution in [3.8, 4) is 0 Å². The number of likely N-dealkylation sites (tertiary alicyclic amines) is 1. The van der Waals surface area contributed by atoms with E-state index in [2.05, 4.69) is 17.3 Å². The van der Waals surface area contributed by atoms with Gasteiger partial charge in [0.2, 0.25) is 5.91 Å². The van der Waals surface area contributed by atoms with Gasteiger partial charge in [0.25, 0.3) is 0 Å². The Morgan fingerprint density at radius 3 is 3.14 bits per heavy atom. The monoisotopic (exact) mass is 197 g/mol. The highest BCUT2D eigenvalue weighted by Crippen LogP contribution is 2.13. The first-order valence-electron chi connectivity index (χ1n) is 5.07. The fraction of sp³-hybridized carbons (Fsp3) is 0.700. The second kappa shape index (κ2) is 5.65. The molecule has 1 fully saturated rings. The number of nitrogens with two attached hydrogens (primary N) is 1. The number of hydrogen-bond acceptors (Lipinski definition) is 3. The van der Waals surface area contributed by atoms with E-state index in [0.717, 1.165) is 13.1 Å². The van der Waals surface area contributed by atoms with Gasteiger partial charge in [-0.2, -0.15) is 0 Å². The molecule has 0 radical (unpaired) electrons. The summed E-state index contributed by atoms with van der Waals surface area (Å²) in [6.07, 6.45) is 5.05. The number of amides is 1. The Bertz CT molecular complexity index is 215. The molecule has 80 valence electrons. The highest BCUT2D eigenvalue weighted by molar-refractivity contribution is 5.87. The van der Waals surface area contributed by atoms with Crippen LogP contribution in [0.2, 0.25) is 0 Å². The minimum atomic E-state index is -0.0965. The molecule has 1 rings (SSSR count). The molecule has 0 aromatic heterocycles. The predicted octanol–water partition coefficient (Wildman–Crippen LogP) is -0.0832. The van der Waals surface area contributed by atoms with Crippen LogP contribution in [0.25, 0.3) is 0 Å². The van der Waals surface area contributed by atoms with E-state index in [1.807, 2.05) is 0 Å². The molecule has 1 atom stereocenters. The second-order valence-electron chi connectivity index (χ2n) is 3.87. The first kappa shape index (κ1) is 11.0. The SMILES string of the molecule is CN1CCCC(CNC(=O)/C=C\N)C1. The lowest BCUT2D eigenvalue weighted by molar-refractivity contribution is -0.116. The van der Waals surface area contributed by atoms with E-state index in [4.69, 9.17) is 5.73 Å². The van der Waals surface area contributed by atoms with E-state index in [1.165, 1.54) is 31.7 Å². The number of piperidine rings is 1. The zero-order valence-electron chi connectivity index (χ0n) is 8.70. The van der Waals surface area contributed by atoms with Gasteiger partial charge in [0.1, 0.15) is 0 Å². The molecule has 0 aromatic carbocycles. The minimum Gasteiger partial charge on any atom is -0.404 e. The smallest absolute Gasteiger partial charge is 0.245 e. The van der Waals surface area contributed by atoms with Crippen LogP contribution in [0.4, 0.5) is 0 Å². The average Bonchev–Trinajstić information content (AvgIpc) is 2.15. The summed E-state index contributed by atoms with van der Waals surface area (Å²) in [4.78, 5) is 13.4. The maximum Gasteiger partial charge on any atom is 0.245 e. The Balaban J connectivity index is 2.20. The fourth-order valence-corrected chi connectivity index (χ4v) is 1.83. The van der Waals surface area contributed by atoms with Crippen LogP contribution >= 0.6 is 0 Å². The number of carbonyl (C=O) groups is 1. The summed E-state index contributed by atoms with van der Waals surface area (Å²) in [5.41, 5.74) is 5.11. The van der Waals surface area contributed by atoms with Gasteiger partial charge in [0, 0.05) is 19.2 Å². The highest BCUT2D eigenvalue weighted by atomic mass is 16.1. The number of rotatable bonds is 3. The van der Waals surface area contributed by atoms with Crippen molar-refractivity contribution >= 4 is 5.91 Å². The molecular weight excluding hydrogens is 178 g/mol. The molecule has 1 amide bonds. The molecular formula is C10H19N3O. The van der Waals surface area contributed by atoms with Gasteiger partial charge in [-0.15, -0.1) is 0 Å². The van der Waals surface area contributed by atoms with Crippen LogP contribution in [-0.4, -0.2) is 37.5 Å². The number of carbonyl (C=O) groups excluding carboxylic acids is 1. The Kier molecular flexibility index (Phi) is 4.46. The van der Waals surface area contributed by atoms with Gasteiger partial charge in [-0.3, -0.25) is 4.79 Å². The zero-order valence-corrected chi connectivity index (χ0v) is 8.70. The summed E-state index contributed by atoms with van der Waals surface area (Å²) < 4.78 is 0. The lowest BCUT2D eigenvalue weighted by atomic mass is 9.98. The maximum atomic E-state index is 11.1. The Labute approximate surface area is 85.1 Å².